The van der Waals surface area contributed by atoms with Gasteiger partial charge < -0.3 is 63.8 Å². The van der Waals surface area contributed by atoms with Crippen LogP contribution in [0.3, 0.4) is 0 Å². The van der Waals surface area contributed by atoms with E-state index in [0.29, 0.717) is 60.8 Å². The van der Waals surface area contributed by atoms with E-state index in [1.807, 2.05) is 0 Å². The number of hydrogen-bond acceptors (Lipinski definition) is 6. The summed E-state index contributed by atoms with van der Waals surface area (Å²) in [5, 5.41) is 38.8. The zero-order valence-electron chi connectivity index (χ0n) is 62.5. The third kappa shape index (κ3) is 26.3. The predicted molar refractivity (Wildman–Crippen MR) is 394 cm³/mol. The number of fused-ring (bicyclic) bond motifs is 10. The summed E-state index contributed by atoms with van der Waals surface area (Å²) in [6.45, 7) is 26.3. The number of carboxylic acids is 2. The fraction of sp³-hybridized carbons (Fsp3) is 0.924. The fourth-order valence-corrected chi connectivity index (χ4v) is 21.4. The molecule has 0 radical (unpaired) electrons. The van der Waals surface area contributed by atoms with E-state index in [4.69, 9.17) is 44.0 Å². The van der Waals surface area contributed by atoms with Gasteiger partial charge in [0.1, 0.15) is 6.54 Å². The molecule has 22 atom stereocenters. The number of nitrogens with one attached hydrogen (secondary N) is 6. The van der Waals surface area contributed by atoms with Gasteiger partial charge in [-0.05, 0) is 195 Å². The van der Waals surface area contributed by atoms with Crippen molar-refractivity contribution in [3.05, 3.63) is 51.4 Å². The van der Waals surface area contributed by atoms with Gasteiger partial charge in [-0.2, -0.15) is 29.2 Å². The second-order valence-electron chi connectivity index (χ2n) is 33.5. The monoisotopic (exact) mass is 1750 g/mol. The van der Waals surface area contributed by atoms with Crippen LogP contribution in [0.4, 0.5) is 4.39 Å². The molecule has 0 saturated heterocycles. The number of halogens is 1. The first kappa shape index (κ1) is 95.3. The van der Waals surface area contributed by atoms with Crippen molar-refractivity contribution < 1.29 is 103 Å². The summed E-state index contributed by atoms with van der Waals surface area (Å²) < 4.78 is 27.9. The minimum atomic E-state index is -1.03. The molecule has 10 aliphatic rings. The van der Waals surface area contributed by atoms with E-state index in [9.17, 15) is 24.4 Å². The van der Waals surface area contributed by atoms with Gasteiger partial charge in [-0.15, -0.1) is 0 Å². The maximum absolute atomic E-state index is 11.7. The maximum atomic E-state index is 11.7. The van der Waals surface area contributed by atoms with Crippen LogP contribution in [0, 0.1) is 97.9 Å². The largest absolute Gasteiger partial charge is 2.00 e. The molecule has 0 amide bonds. The van der Waals surface area contributed by atoms with Gasteiger partial charge in [0.25, 0.3) is 0 Å². The molecule has 582 valence electrons. The van der Waals surface area contributed by atoms with Gasteiger partial charge in [-0.1, -0.05) is 197 Å². The number of ether oxygens (including phenoxy) is 2. The van der Waals surface area contributed by atoms with Crippen LogP contribution in [0.5, 0.6) is 0 Å². The second kappa shape index (κ2) is 46.4. The van der Waals surface area contributed by atoms with Gasteiger partial charge >= 0.3 is 54.1 Å². The van der Waals surface area contributed by atoms with E-state index >= 15 is 0 Å². The number of hydrogen-bond donors (Lipinski definition) is 5. The van der Waals surface area contributed by atoms with Gasteiger partial charge in [0.2, 0.25) is 6.54 Å². The van der Waals surface area contributed by atoms with Crippen LogP contribution in [-0.2, 0) is 61.2 Å². The van der Waals surface area contributed by atoms with Crippen molar-refractivity contribution in [2.24, 2.45) is 92.7 Å². The zero-order valence-corrected chi connectivity index (χ0v) is 66.1. The van der Waals surface area contributed by atoms with Crippen LogP contribution < -0.4 is 10.1 Å². The Kier molecular flexibility index (Phi) is 45.1. The molecular formula is C79H150FN6O10Pt2+. The summed E-state index contributed by atoms with van der Waals surface area (Å²) in [4.78, 5) is 21.4. The van der Waals surface area contributed by atoms with Crippen LogP contribution in [0.25, 0.3) is 22.9 Å². The molecule has 13 N–H and O–H groups in total. The number of hydroxylamine groups is 4. The quantitative estimate of drug-likeness (QED) is 0.0351. The van der Waals surface area contributed by atoms with Gasteiger partial charge in [-0.3, -0.25) is 4.39 Å². The molecule has 10 aliphatic carbocycles. The Morgan fingerprint density at radius 1 is 0.561 bits per heavy atom. The summed E-state index contributed by atoms with van der Waals surface area (Å²) in [5.74, 6) is 8.40. The molecule has 19 heteroatoms. The van der Waals surface area contributed by atoms with Crippen molar-refractivity contribution in [3.63, 3.8) is 0 Å². The molecule has 0 aromatic heterocycles. The molecule has 8 fully saturated rings. The SMILES string of the molecule is C.C.CC(C)CCC[C@@H](C)[C@H]1CCC2C3CC=C4C[C@@H](OCCC[NH+](O)CC(=O)O)CC[C@]4(C)C3CC[C@@]21C.CC(C)CCC[C@@H](C)[C@H]1CCC2C3CC=C4C[C@@H](OCCC[NH+]([O-])CC(=O)O)CC[C@]4(C)C3CC[C@@]21C.O.O.[2H]CF.[NH-]C1CCCCC1[NH-].[NH-]C1CCCCC1[NH-].[Pt+2].[Pt+2]. The van der Waals surface area contributed by atoms with Crippen LogP contribution >= 0.6 is 0 Å². The number of rotatable bonds is 24. The third-order valence-electron chi connectivity index (χ3n) is 26.7. The number of allylic oxidation sites excluding steroid dienone is 2. The van der Waals surface area contributed by atoms with E-state index < -0.39 is 19.1 Å². The van der Waals surface area contributed by atoms with E-state index in [1.165, 1.54) is 141 Å². The molecular weight excluding hydrogens is 1600 g/mol. The van der Waals surface area contributed by atoms with Crippen molar-refractivity contribution in [2.45, 2.75) is 326 Å². The summed E-state index contributed by atoms with van der Waals surface area (Å²) in [5.41, 5.74) is 34.2. The molecule has 8 saturated carbocycles. The van der Waals surface area contributed by atoms with Crippen molar-refractivity contribution in [1.29, 1.82) is 0 Å². The summed E-state index contributed by atoms with van der Waals surface area (Å²) in [7, 11) is -1.00. The molecule has 0 spiro atoms. The van der Waals surface area contributed by atoms with E-state index in [2.05, 4.69) is 81.4 Å². The Morgan fingerprint density at radius 2 is 0.918 bits per heavy atom. The number of carboxylic acid groups (broad SMARTS) is 2. The number of alkyl halides is 1. The normalized spacial score (nSPS) is 36.1. The number of carbonyl (C=O) groups is 2. The average molecular weight is 1750 g/mol. The van der Waals surface area contributed by atoms with Crippen LogP contribution in [0.2, 0.25) is 0 Å². The van der Waals surface area contributed by atoms with Gasteiger partial charge in [0.05, 0.1) is 40.5 Å². The van der Waals surface area contributed by atoms with Crippen LogP contribution in [-0.4, -0.2) is 121 Å². The third-order valence-corrected chi connectivity index (χ3v) is 26.7. The van der Waals surface area contributed by atoms with E-state index in [1.54, 1.807) is 11.1 Å². The molecule has 0 aliphatic heterocycles. The smallest absolute Gasteiger partial charge is 0.676 e. The fourth-order valence-electron chi connectivity index (χ4n) is 21.4. The molecule has 0 aromatic rings. The zero-order chi connectivity index (χ0) is 68.3. The first-order valence-electron chi connectivity index (χ1n) is 38.6. The van der Waals surface area contributed by atoms with Gasteiger partial charge in [0.15, 0.2) is 6.54 Å². The topological polar surface area (TPSA) is 303 Å². The number of quaternary nitrogens is 2. The van der Waals surface area contributed by atoms with Crippen LogP contribution in [0.1, 0.15) is 291 Å². The maximum Gasteiger partial charge on any atom is 2.00 e. The van der Waals surface area contributed by atoms with E-state index in [-0.39, 0.29) is 128 Å². The first-order valence-corrected chi connectivity index (χ1v) is 37.9. The molecule has 0 aromatic carbocycles. The molecule has 12 unspecified atom stereocenters. The molecule has 0 heterocycles. The average Bonchev–Trinajstić information content (AvgIpc) is 1.71. The Balaban J connectivity index is 0.00000146. The van der Waals surface area contributed by atoms with Crippen LogP contribution in [0.15, 0.2) is 23.3 Å². The number of aliphatic carboxylic acids is 2. The van der Waals surface area contributed by atoms with Crippen molar-refractivity contribution >= 4 is 11.9 Å². The van der Waals surface area contributed by atoms with Crippen molar-refractivity contribution in [2.75, 3.05) is 46.5 Å². The predicted octanol–water partition coefficient (Wildman–Crippen LogP) is 17.4. The summed E-state index contributed by atoms with van der Waals surface area (Å²) >= 11 is 0. The standard InChI is InChI=1S/2C32H55NO4.2C6H12N2.CH3F.2CH4.2H2O.2Pt/c2*1-22(2)8-6-9-23(3)27-12-13-28-26-11-10-24-20-25(37-19-7-18-33(36)21-30(34)35)14-16-31(24,4)29(26)15-17-32(27,28)5;2*7-5-3-1-2-4-6(5)8;1-2;;;;;;/h10,22-23,25-29,36H,6-9,11-21H2,1-5H3,(H,34,35);10,22-23,25-29,33H,6-9,11-21H2,1-5H3,(H,34,35);2*5-8H,1-4H2;1H3;2*1H4;2*1H2;;/q;;2*-2;;;;;;2*+2/p+1/t2*23-,25+,26?,27-,28?,29?,31+,32-;;;;;;;;;/m11........./s1/i;;;;1D;;;;;;. The minimum Gasteiger partial charge on any atom is -0.676 e. The molecule has 10 rings (SSSR count). The molecule has 0 bridgehead atoms. The summed E-state index contributed by atoms with van der Waals surface area (Å²) in [6, 6.07) is -0.319. The Hall–Kier alpha value is -0.753. The minimum absolute atomic E-state index is 0. The molecule has 98 heavy (non-hydrogen) atoms. The van der Waals surface area contributed by atoms with Gasteiger partial charge in [-0.25, -0.2) is 14.8 Å². The Labute approximate surface area is 628 Å². The Morgan fingerprint density at radius 3 is 1.26 bits per heavy atom. The first-order chi connectivity index (χ1) is 44.1. The van der Waals surface area contributed by atoms with Crippen molar-refractivity contribution in [3.8, 4) is 0 Å². The molecule has 16 nitrogen and oxygen atoms in total. The van der Waals surface area contributed by atoms with E-state index in [0.717, 1.165) is 122 Å². The second-order valence-corrected chi connectivity index (χ2v) is 33.5. The summed E-state index contributed by atoms with van der Waals surface area (Å²) in [6.07, 6.45) is 44.8. The van der Waals surface area contributed by atoms with Crippen molar-refractivity contribution in [1.82, 2.24) is 0 Å². The van der Waals surface area contributed by atoms with Gasteiger partial charge in [0, 0.05) is 12.8 Å². The Bertz CT molecular complexity index is 2130.